The number of rotatable bonds is 6. The molecule has 19 heavy (non-hydrogen) atoms. The second-order valence-electron chi connectivity index (χ2n) is 3.52. The molecule has 0 radical (unpaired) electrons. The Morgan fingerprint density at radius 2 is 2.26 bits per heavy atom. The number of nitrogens with one attached hydrogen (secondary N) is 1. The minimum atomic E-state index is -0.625. The summed E-state index contributed by atoms with van der Waals surface area (Å²) in [4.78, 5) is 25.6. The van der Waals surface area contributed by atoms with Crippen molar-refractivity contribution in [2.24, 2.45) is 5.84 Å². The highest BCUT2D eigenvalue weighted by Gasteiger charge is 2.19. The molecule has 0 aliphatic rings. The van der Waals surface area contributed by atoms with Gasteiger partial charge in [-0.3, -0.25) is 14.9 Å². The number of hydrogen-bond donors (Lipinski definition) is 2. The van der Waals surface area contributed by atoms with Crippen LogP contribution < -0.4 is 16.2 Å². The first kappa shape index (κ1) is 15.3. The summed E-state index contributed by atoms with van der Waals surface area (Å²) in [5, 5.41) is 10.9. The maximum Gasteiger partial charge on any atom is 0.329 e. The highest BCUT2D eigenvalue weighted by Crippen LogP contribution is 2.34. The van der Waals surface area contributed by atoms with Crippen LogP contribution >= 0.6 is 15.9 Å². The zero-order valence-electron chi connectivity index (χ0n) is 10.0. The molecule has 0 spiro atoms. The monoisotopic (exact) mass is 333 g/mol. The summed E-state index contributed by atoms with van der Waals surface area (Å²) in [6.07, 6.45) is -0.0865. The fourth-order valence-corrected chi connectivity index (χ4v) is 1.95. The normalized spacial score (nSPS) is 10.1. The number of nitrogens with two attached hydrogens (primary N) is 1. The molecule has 8 nitrogen and oxygen atoms in total. The van der Waals surface area contributed by atoms with Crippen LogP contribution in [0.3, 0.4) is 0 Å². The number of nitrogens with zero attached hydrogens (tertiary/aromatic N) is 1. The average molecular weight is 334 g/mol. The molecule has 1 aromatic carbocycles. The van der Waals surface area contributed by atoms with Gasteiger partial charge < -0.3 is 9.57 Å². The van der Waals surface area contributed by atoms with Crippen molar-refractivity contribution >= 4 is 27.6 Å². The second-order valence-corrected chi connectivity index (χ2v) is 4.43. The summed E-state index contributed by atoms with van der Waals surface area (Å²) < 4.78 is 5.85. The van der Waals surface area contributed by atoms with E-state index in [1.54, 1.807) is 18.6 Å². The Balaban J connectivity index is 2.77. The molecular formula is C10H12BrN3O5. The van der Waals surface area contributed by atoms with Gasteiger partial charge in [0, 0.05) is 10.5 Å². The van der Waals surface area contributed by atoms with Crippen molar-refractivity contribution in [1.82, 2.24) is 5.59 Å². The lowest BCUT2D eigenvalue weighted by Gasteiger charge is -2.09. The first-order chi connectivity index (χ1) is 8.95. The smallest absolute Gasteiger partial charge is 0.329 e. The Kier molecular flexibility index (Phi) is 5.67. The number of hydrazine groups is 1. The van der Waals surface area contributed by atoms with E-state index < -0.39 is 10.9 Å². The number of nitro groups is 1. The van der Waals surface area contributed by atoms with E-state index in [1.165, 1.54) is 6.07 Å². The maximum atomic E-state index is 11.0. The van der Waals surface area contributed by atoms with E-state index in [1.807, 2.05) is 0 Å². The van der Waals surface area contributed by atoms with Crippen LogP contribution in [0.25, 0.3) is 0 Å². The molecular weight excluding hydrogens is 322 g/mol. The van der Waals surface area contributed by atoms with E-state index in [-0.39, 0.29) is 24.5 Å². The van der Waals surface area contributed by atoms with Gasteiger partial charge in [0.05, 0.1) is 18.0 Å². The van der Waals surface area contributed by atoms with Crippen molar-refractivity contribution < 1.29 is 19.3 Å². The quantitative estimate of drug-likeness (QED) is 0.458. The first-order valence-electron chi connectivity index (χ1n) is 5.18. The Hall–Kier alpha value is -1.71. The van der Waals surface area contributed by atoms with E-state index >= 15 is 0 Å². The summed E-state index contributed by atoms with van der Waals surface area (Å²) in [6, 6.07) is 3.02. The SMILES string of the molecule is Cc1cc(Br)cc([N+](=O)[O-])c1OCCC(=O)ONN. The van der Waals surface area contributed by atoms with Gasteiger partial charge in [-0.05, 0) is 18.6 Å². The Morgan fingerprint density at radius 3 is 2.84 bits per heavy atom. The first-order valence-corrected chi connectivity index (χ1v) is 5.97. The molecule has 1 aromatic rings. The van der Waals surface area contributed by atoms with Gasteiger partial charge in [-0.1, -0.05) is 21.5 Å². The molecule has 3 N–H and O–H groups in total. The van der Waals surface area contributed by atoms with Gasteiger partial charge in [0.25, 0.3) is 0 Å². The van der Waals surface area contributed by atoms with Crippen LogP contribution in [0.5, 0.6) is 5.75 Å². The minimum absolute atomic E-state index is 0.0518. The van der Waals surface area contributed by atoms with Crippen molar-refractivity contribution in [1.29, 1.82) is 0 Å². The molecule has 0 unspecified atom stereocenters. The van der Waals surface area contributed by atoms with Crippen LogP contribution in [-0.2, 0) is 9.63 Å². The summed E-state index contributed by atoms with van der Waals surface area (Å²) >= 11 is 3.17. The lowest BCUT2D eigenvalue weighted by Crippen LogP contribution is -2.27. The molecule has 1 rings (SSSR count). The lowest BCUT2D eigenvalue weighted by atomic mass is 10.2. The highest BCUT2D eigenvalue weighted by atomic mass is 79.9. The van der Waals surface area contributed by atoms with Crippen LogP contribution in [0.15, 0.2) is 16.6 Å². The van der Waals surface area contributed by atoms with Crippen molar-refractivity contribution in [3.05, 3.63) is 32.3 Å². The number of benzene rings is 1. The van der Waals surface area contributed by atoms with Crippen LogP contribution in [0.2, 0.25) is 0 Å². The summed E-state index contributed by atoms with van der Waals surface area (Å²) in [5.74, 6) is 4.29. The molecule has 0 aromatic heterocycles. The number of halogens is 1. The van der Waals surface area contributed by atoms with Gasteiger partial charge in [0.15, 0.2) is 5.75 Å². The second kappa shape index (κ2) is 7.02. The summed E-state index contributed by atoms with van der Waals surface area (Å²) in [5.41, 5.74) is 2.17. The van der Waals surface area contributed by atoms with Gasteiger partial charge >= 0.3 is 11.7 Å². The summed E-state index contributed by atoms with van der Waals surface area (Å²) in [7, 11) is 0. The third-order valence-corrected chi connectivity index (χ3v) is 2.60. The molecule has 0 saturated heterocycles. The number of nitro benzene ring substituents is 1. The van der Waals surface area contributed by atoms with Gasteiger partial charge in [-0.25, -0.2) is 5.84 Å². The molecule has 104 valence electrons. The van der Waals surface area contributed by atoms with Crippen LogP contribution in [0.1, 0.15) is 12.0 Å². The maximum absolute atomic E-state index is 11.0. The molecule has 0 amide bonds. The third-order valence-electron chi connectivity index (χ3n) is 2.14. The molecule has 9 heteroatoms. The van der Waals surface area contributed by atoms with Gasteiger partial charge in [0.2, 0.25) is 0 Å². The standard InChI is InChI=1S/C10H12BrN3O5/c1-6-4-7(11)5-8(14(16)17)10(6)18-3-2-9(15)19-13-12/h4-5,13H,2-3,12H2,1H3. The Labute approximate surface area is 117 Å². The molecule has 0 heterocycles. The summed E-state index contributed by atoms with van der Waals surface area (Å²) in [6.45, 7) is 1.62. The zero-order valence-corrected chi connectivity index (χ0v) is 11.6. The predicted molar refractivity (Wildman–Crippen MR) is 69.1 cm³/mol. The van der Waals surface area contributed by atoms with Gasteiger partial charge in [-0.15, -0.1) is 0 Å². The number of carbonyl (C=O) groups excluding carboxylic acids is 1. The van der Waals surface area contributed by atoms with Crippen molar-refractivity contribution in [2.75, 3.05) is 6.61 Å². The van der Waals surface area contributed by atoms with Crippen molar-refractivity contribution in [3.8, 4) is 5.75 Å². The molecule has 0 saturated carbocycles. The van der Waals surface area contributed by atoms with Crippen molar-refractivity contribution in [3.63, 3.8) is 0 Å². The fourth-order valence-electron chi connectivity index (χ4n) is 1.39. The Bertz CT molecular complexity index is 494. The minimum Gasteiger partial charge on any atom is -0.486 e. The number of ether oxygens (including phenoxy) is 1. The predicted octanol–water partition coefficient (Wildman–Crippen LogP) is 1.36. The topological polar surface area (TPSA) is 117 Å². The van der Waals surface area contributed by atoms with Crippen LogP contribution in [0.4, 0.5) is 5.69 Å². The zero-order chi connectivity index (χ0) is 14.4. The molecule has 0 bridgehead atoms. The highest BCUT2D eigenvalue weighted by molar-refractivity contribution is 9.10. The third kappa shape index (κ3) is 4.47. The largest absolute Gasteiger partial charge is 0.486 e. The molecule has 0 aliphatic heterocycles. The van der Waals surface area contributed by atoms with E-state index in [4.69, 9.17) is 10.6 Å². The van der Waals surface area contributed by atoms with Gasteiger partial charge in [0.1, 0.15) is 0 Å². The molecule has 0 fully saturated rings. The van der Waals surface area contributed by atoms with E-state index in [9.17, 15) is 14.9 Å². The number of aryl methyl sites for hydroxylation is 1. The van der Waals surface area contributed by atoms with Crippen LogP contribution in [0, 0.1) is 17.0 Å². The van der Waals surface area contributed by atoms with Crippen LogP contribution in [-0.4, -0.2) is 17.5 Å². The van der Waals surface area contributed by atoms with E-state index in [0.29, 0.717) is 10.0 Å². The molecule has 0 aliphatic carbocycles. The lowest BCUT2D eigenvalue weighted by molar-refractivity contribution is -0.386. The fraction of sp³-hybridized carbons (Fsp3) is 0.300. The van der Waals surface area contributed by atoms with E-state index in [2.05, 4.69) is 20.8 Å². The van der Waals surface area contributed by atoms with Gasteiger partial charge in [-0.2, -0.15) is 0 Å². The number of carbonyl (C=O) groups is 1. The number of hydrogen-bond acceptors (Lipinski definition) is 7. The molecule has 0 atom stereocenters. The van der Waals surface area contributed by atoms with E-state index in [0.717, 1.165) is 0 Å². The van der Waals surface area contributed by atoms with Crippen molar-refractivity contribution in [2.45, 2.75) is 13.3 Å². The Morgan fingerprint density at radius 1 is 1.58 bits per heavy atom. The average Bonchev–Trinajstić information content (AvgIpc) is 2.31.